The maximum atomic E-state index is 8.39. The van der Waals surface area contributed by atoms with Crippen molar-refractivity contribution in [2.24, 2.45) is 5.41 Å². The second kappa shape index (κ2) is 14.3. The van der Waals surface area contributed by atoms with Gasteiger partial charge in [-0.05, 0) is 71.3 Å². The Hall–Kier alpha value is -4.96. The number of fused-ring (bicyclic) bond motifs is 5. The van der Waals surface area contributed by atoms with Crippen LogP contribution in [-0.2, 0) is 26.5 Å². The van der Waals surface area contributed by atoms with E-state index in [1.54, 1.807) is 24.4 Å². The largest absolute Gasteiger partial charge is 0.498 e. The predicted octanol–water partition coefficient (Wildman–Crippen LogP) is 11.4. The van der Waals surface area contributed by atoms with Crippen molar-refractivity contribution in [1.82, 2.24) is 15.0 Å². The van der Waals surface area contributed by atoms with E-state index in [4.69, 9.17) is 15.4 Å². The van der Waals surface area contributed by atoms with Crippen LogP contribution < -0.4 is 0 Å². The average molecular weight is 824 g/mol. The molecule has 0 N–H and O–H groups in total. The minimum atomic E-state index is -2.32. The Balaban J connectivity index is 0.000000194. The van der Waals surface area contributed by atoms with E-state index in [9.17, 15) is 0 Å². The molecule has 4 nitrogen and oxygen atoms in total. The molecule has 4 aromatic carbocycles. The monoisotopic (exact) mass is 824 g/mol. The molecule has 0 saturated heterocycles. The molecular weight excluding hydrogens is 779 g/mol. The summed E-state index contributed by atoms with van der Waals surface area (Å²) >= 11 is 0. The molecule has 0 aliphatic carbocycles. The summed E-state index contributed by atoms with van der Waals surface area (Å²) in [6.45, 7) is 1.21. The van der Waals surface area contributed by atoms with Crippen LogP contribution in [0.15, 0.2) is 126 Å². The molecule has 0 saturated carbocycles. The van der Waals surface area contributed by atoms with Crippen molar-refractivity contribution in [2.75, 3.05) is 0 Å². The number of nitrogens with zero attached hydrogens (tertiary/aromatic N) is 3. The molecule has 4 aromatic heterocycles. The van der Waals surface area contributed by atoms with Crippen molar-refractivity contribution in [2.45, 2.75) is 40.8 Å². The zero-order chi connectivity index (χ0) is 40.0. The van der Waals surface area contributed by atoms with E-state index in [1.165, 1.54) is 18.3 Å². The van der Waals surface area contributed by atoms with Crippen LogP contribution in [0.3, 0.4) is 0 Å². The van der Waals surface area contributed by atoms with Gasteiger partial charge in [0.1, 0.15) is 11.1 Å². The second-order valence-corrected chi connectivity index (χ2v) is 12.5. The Morgan fingerprint density at radius 3 is 2.33 bits per heavy atom. The molecule has 0 fully saturated rings. The van der Waals surface area contributed by atoms with Crippen molar-refractivity contribution >= 4 is 32.8 Å². The molecule has 0 unspecified atom stereocenters. The van der Waals surface area contributed by atoms with Crippen molar-refractivity contribution in [1.29, 1.82) is 0 Å². The number of benzene rings is 4. The van der Waals surface area contributed by atoms with Gasteiger partial charge in [-0.3, -0.25) is 0 Å². The van der Waals surface area contributed by atoms with Gasteiger partial charge in [0.05, 0.1) is 5.58 Å². The molecular formula is C44H37IrN3O-2. The van der Waals surface area contributed by atoms with Crippen molar-refractivity contribution in [3.8, 4) is 33.6 Å². The van der Waals surface area contributed by atoms with Gasteiger partial charge < -0.3 is 14.4 Å². The number of aromatic nitrogens is 3. The molecule has 245 valence electrons. The summed E-state index contributed by atoms with van der Waals surface area (Å²) in [5, 5.41) is 2.38. The normalized spacial score (nSPS) is 14.5. The summed E-state index contributed by atoms with van der Waals surface area (Å²) < 4.78 is 68.5. The van der Waals surface area contributed by atoms with E-state index in [1.807, 2.05) is 99.6 Å². The molecule has 8 rings (SSSR count). The van der Waals surface area contributed by atoms with E-state index >= 15 is 0 Å². The van der Waals surface area contributed by atoms with Crippen LogP contribution in [-0.4, -0.2) is 15.0 Å². The minimum absolute atomic E-state index is 0. The maximum Gasteiger partial charge on any atom is 0.147 e. The third kappa shape index (κ3) is 7.54. The third-order valence-corrected chi connectivity index (χ3v) is 7.76. The number of hydrogen-bond acceptors (Lipinski definition) is 4. The topological polar surface area (TPSA) is 51.8 Å². The van der Waals surface area contributed by atoms with Crippen LogP contribution in [0.5, 0.6) is 0 Å². The van der Waals surface area contributed by atoms with Gasteiger partial charge >= 0.3 is 0 Å². The van der Waals surface area contributed by atoms with Crippen LogP contribution in [0.25, 0.3) is 66.5 Å². The molecule has 0 bridgehead atoms. The fourth-order valence-corrected chi connectivity index (χ4v) is 5.60. The van der Waals surface area contributed by atoms with Gasteiger partial charge in [0, 0.05) is 59.9 Å². The van der Waals surface area contributed by atoms with Gasteiger partial charge in [-0.2, -0.15) is 0 Å². The molecule has 0 amide bonds. The van der Waals surface area contributed by atoms with Crippen LogP contribution >= 0.6 is 0 Å². The molecule has 49 heavy (non-hydrogen) atoms. The summed E-state index contributed by atoms with van der Waals surface area (Å²) in [4.78, 5) is 13.1. The summed E-state index contributed by atoms with van der Waals surface area (Å²) in [5.41, 5.74) is 6.95. The molecule has 0 atom stereocenters. The summed E-state index contributed by atoms with van der Waals surface area (Å²) in [5.74, 6) is 0. The number of pyridine rings is 3. The van der Waals surface area contributed by atoms with E-state index in [-0.39, 0.29) is 31.4 Å². The molecule has 5 heteroatoms. The summed E-state index contributed by atoms with van der Waals surface area (Å²) in [6.07, 6.45) is 1.75. The number of hydrogen-bond donors (Lipinski definition) is 0. The first-order chi connectivity index (χ1) is 26.4. The molecule has 0 aliphatic heterocycles. The Kier molecular flexibility index (Phi) is 7.30. The summed E-state index contributed by atoms with van der Waals surface area (Å²) in [7, 11) is 0. The molecule has 0 spiro atoms. The molecule has 4 heterocycles. The van der Waals surface area contributed by atoms with Crippen LogP contribution in [0.1, 0.15) is 48.6 Å². The van der Waals surface area contributed by atoms with Crippen LogP contribution in [0.4, 0.5) is 0 Å². The maximum absolute atomic E-state index is 8.39. The second-order valence-electron chi connectivity index (χ2n) is 12.5. The van der Waals surface area contributed by atoms with Gasteiger partial charge in [0.2, 0.25) is 0 Å². The first-order valence-electron chi connectivity index (χ1n) is 19.6. The van der Waals surface area contributed by atoms with Crippen LogP contribution in [0.2, 0.25) is 0 Å². The van der Waals surface area contributed by atoms with Gasteiger partial charge in [-0.1, -0.05) is 92.4 Å². The van der Waals surface area contributed by atoms with Gasteiger partial charge in [0.25, 0.3) is 0 Å². The first kappa shape index (κ1) is 25.1. The first-order valence-corrected chi connectivity index (χ1v) is 15.6. The Bertz CT molecular complexity index is 2670. The smallest absolute Gasteiger partial charge is 0.147 e. The van der Waals surface area contributed by atoms with E-state index in [0.717, 1.165) is 38.5 Å². The number of furan rings is 1. The predicted molar refractivity (Wildman–Crippen MR) is 198 cm³/mol. The average Bonchev–Trinajstić information content (AvgIpc) is 3.57. The van der Waals surface area contributed by atoms with Crippen molar-refractivity contribution in [3.63, 3.8) is 0 Å². The molecule has 1 radical (unpaired) electrons. The SMILES string of the molecule is [2H]C([2H])([2H])c1ccc(-c2[c-]ccc3c2oc2c3ccc3ccc(C([2H])([2H])[2H])nc32)nc1.[2H]C([2H])(c1ccc(-c2ccnc(-c3[c-]cccc3)c2)cc1)C(C)(C)C.[Ir]. The molecule has 0 aliphatic rings. The Labute approximate surface area is 312 Å². The standard InChI is InChI=1S/C22H15N2O.C22H22N.Ir/c1-13-6-11-19(23-12-13)18-5-3-4-16-17-10-9-15-8-7-14(2)24-20(15)22(17)25-21(16)18;1-22(2,3)16-17-9-11-18(12-10-17)20-13-14-23-21(15-20)19-7-5-4-6-8-19;/h3-4,6-12H,1-2H3;4-7,9-15H,16H2,1-3H3;/q2*-1;/i1D3,2D3;16D2;. The number of rotatable bonds is 4. The zero-order valence-corrected chi connectivity index (χ0v) is 29.5. The Morgan fingerprint density at radius 1 is 0.755 bits per heavy atom. The van der Waals surface area contributed by atoms with E-state index in [0.29, 0.717) is 33.5 Å². The fraction of sp³-hybridized carbons (Fsp3) is 0.159. The van der Waals surface area contributed by atoms with Crippen molar-refractivity contribution < 1.29 is 35.5 Å². The minimum Gasteiger partial charge on any atom is -0.498 e. The molecule has 8 aromatic rings. The van der Waals surface area contributed by atoms with Crippen molar-refractivity contribution in [3.05, 3.63) is 151 Å². The van der Waals surface area contributed by atoms with Gasteiger partial charge in [0.15, 0.2) is 0 Å². The quantitative estimate of drug-likeness (QED) is 0.166. The number of aryl methyl sites for hydroxylation is 2. The van der Waals surface area contributed by atoms with Gasteiger partial charge in [-0.25, -0.2) is 4.98 Å². The van der Waals surface area contributed by atoms with E-state index < -0.39 is 25.5 Å². The van der Waals surface area contributed by atoms with E-state index in [2.05, 4.69) is 27.1 Å². The Morgan fingerprint density at radius 2 is 1.59 bits per heavy atom. The summed E-state index contributed by atoms with van der Waals surface area (Å²) in [6, 6.07) is 39.6. The third-order valence-electron chi connectivity index (χ3n) is 7.76. The zero-order valence-electron chi connectivity index (χ0n) is 35.1. The van der Waals surface area contributed by atoms with Crippen LogP contribution in [0, 0.1) is 31.3 Å². The van der Waals surface area contributed by atoms with Gasteiger partial charge in [-0.15, -0.1) is 54.1 Å². The fourth-order valence-electron chi connectivity index (χ4n) is 5.60.